The molecule has 1 heterocycles. The van der Waals surface area contributed by atoms with Crippen LogP contribution in [0.15, 0.2) is 199 Å². The number of ether oxygens (including phenoxy) is 4. The molecule has 9 nitrogen and oxygen atoms in total. The molecule has 0 fully saturated rings. The highest BCUT2D eigenvalue weighted by Crippen LogP contribution is 2.39. The van der Waals surface area contributed by atoms with Gasteiger partial charge in [0.05, 0.1) is 28.4 Å². The molecule has 9 heteroatoms. The van der Waals surface area contributed by atoms with E-state index >= 15 is 0 Å². The predicted molar refractivity (Wildman–Crippen MR) is 252 cm³/mol. The number of hydrogen-bond acceptors (Lipinski definition) is 9. The molecule has 0 atom stereocenters. The van der Waals surface area contributed by atoms with E-state index in [9.17, 15) is 0 Å². The third kappa shape index (κ3) is 8.67. The van der Waals surface area contributed by atoms with Gasteiger partial charge in [-0.1, -0.05) is 48.5 Å². The van der Waals surface area contributed by atoms with Crippen molar-refractivity contribution in [2.24, 2.45) is 0 Å². The summed E-state index contributed by atoms with van der Waals surface area (Å²) in [6.45, 7) is 0. The van der Waals surface area contributed by atoms with Crippen LogP contribution in [0.1, 0.15) is 0 Å². The zero-order valence-electron chi connectivity index (χ0n) is 35.3. The maximum absolute atomic E-state index is 6.19. The lowest BCUT2D eigenvalue weighted by atomic mass is 10.0. The van der Waals surface area contributed by atoms with Crippen LogP contribution in [-0.4, -0.2) is 38.6 Å². The highest BCUT2D eigenvalue weighted by molar-refractivity contribution is 5.81. The van der Waals surface area contributed by atoms with Gasteiger partial charge >= 0.3 is 0 Å². The molecule has 0 amide bonds. The third-order valence-electron chi connectivity index (χ3n) is 10.9. The van der Waals surface area contributed by atoms with Gasteiger partial charge in [0.25, 0.3) is 0 Å². The fourth-order valence-corrected chi connectivity index (χ4v) is 7.49. The smallest absolute Gasteiger partial charge is 0.248 e. The predicted octanol–water partition coefficient (Wildman–Crippen LogP) is 13.7. The first-order chi connectivity index (χ1) is 31.0. The Morgan fingerprint density at radius 3 is 0.683 bits per heavy atom. The SMILES string of the molecule is COc1ccc(N(c2ccc(OC)cc2)c2ccc(-c3ccc(-c4nnc(-c5ccc(-c6ccc(N(c7ccc(OC)cc7)c7ccc(OC)cc7)cc6)cc5)o4)cc3)cc2)cc1. The molecular weight excluding hydrogens is 785 g/mol. The van der Waals surface area contributed by atoms with Crippen LogP contribution in [0.3, 0.4) is 0 Å². The second-order valence-corrected chi connectivity index (χ2v) is 14.6. The first-order valence-corrected chi connectivity index (χ1v) is 20.4. The molecule has 0 spiro atoms. The van der Waals surface area contributed by atoms with E-state index in [1.807, 2.05) is 72.8 Å². The van der Waals surface area contributed by atoms with Crippen LogP contribution in [0.5, 0.6) is 23.0 Å². The summed E-state index contributed by atoms with van der Waals surface area (Å²) in [4.78, 5) is 4.40. The Morgan fingerprint density at radius 1 is 0.270 bits per heavy atom. The van der Waals surface area contributed by atoms with E-state index < -0.39 is 0 Å². The average molecular weight is 829 g/mol. The minimum absolute atomic E-state index is 0.458. The normalized spacial score (nSPS) is 10.9. The minimum atomic E-state index is 0.458. The van der Waals surface area contributed by atoms with Crippen LogP contribution in [0.25, 0.3) is 45.2 Å². The lowest BCUT2D eigenvalue weighted by Crippen LogP contribution is -2.09. The first kappa shape index (κ1) is 40.1. The summed E-state index contributed by atoms with van der Waals surface area (Å²) in [5, 5.41) is 8.79. The van der Waals surface area contributed by atoms with Crippen LogP contribution < -0.4 is 28.7 Å². The van der Waals surface area contributed by atoms with Gasteiger partial charge in [-0.2, -0.15) is 0 Å². The van der Waals surface area contributed by atoms with Crippen molar-refractivity contribution in [1.29, 1.82) is 0 Å². The van der Waals surface area contributed by atoms with E-state index in [4.69, 9.17) is 23.4 Å². The van der Waals surface area contributed by atoms with E-state index in [0.717, 1.165) is 90.5 Å². The molecule has 0 saturated heterocycles. The van der Waals surface area contributed by atoms with Gasteiger partial charge in [0.2, 0.25) is 11.8 Å². The molecule has 0 unspecified atom stereocenters. The van der Waals surface area contributed by atoms with Gasteiger partial charge in [-0.3, -0.25) is 0 Å². The van der Waals surface area contributed by atoms with Gasteiger partial charge in [-0.05, 0) is 168 Å². The van der Waals surface area contributed by atoms with E-state index in [-0.39, 0.29) is 0 Å². The van der Waals surface area contributed by atoms with Crippen molar-refractivity contribution in [2.45, 2.75) is 0 Å². The molecule has 8 aromatic carbocycles. The van der Waals surface area contributed by atoms with Crippen LogP contribution in [0, 0.1) is 0 Å². The van der Waals surface area contributed by atoms with Gasteiger partial charge < -0.3 is 33.2 Å². The maximum Gasteiger partial charge on any atom is 0.248 e. The van der Waals surface area contributed by atoms with E-state index in [0.29, 0.717) is 11.8 Å². The highest BCUT2D eigenvalue weighted by atomic mass is 16.5. The van der Waals surface area contributed by atoms with Crippen molar-refractivity contribution in [3.05, 3.63) is 194 Å². The Morgan fingerprint density at radius 2 is 0.460 bits per heavy atom. The fraction of sp³-hybridized carbons (Fsp3) is 0.0741. The lowest BCUT2D eigenvalue weighted by Gasteiger charge is -2.26. The molecule has 0 saturated carbocycles. The van der Waals surface area contributed by atoms with E-state index in [1.165, 1.54) is 0 Å². The van der Waals surface area contributed by atoms with Crippen molar-refractivity contribution in [2.75, 3.05) is 38.2 Å². The number of nitrogens with zero attached hydrogens (tertiary/aromatic N) is 4. The maximum atomic E-state index is 6.19. The Bertz CT molecular complexity index is 2580. The number of rotatable bonds is 14. The molecule has 0 bridgehead atoms. The standard InChI is InChI=1S/C54H44N4O5/c1-59-49-29-21-45(22-30-49)57(46-23-31-50(60-2)32-24-46)43-17-13-39(14-18-43)37-5-9-41(10-6-37)53-55-56-54(63-53)42-11-7-38(8-12-42)40-15-19-44(20-16-40)58(47-25-33-51(61-3)34-26-47)48-27-35-52(62-4)36-28-48/h5-36H,1-4H3. The number of anilines is 6. The van der Waals surface area contributed by atoms with Crippen molar-refractivity contribution in [1.82, 2.24) is 10.2 Å². The van der Waals surface area contributed by atoms with Crippen LogP contribution >= 0.6 is 0 Å². The second-order valence-electron chi connectivity index (χ2n) is 14.6. The zero-order chi connectivity index (χ0) is 43.1. The summed E-state index contributed by atoms with van der Waals surface area (Å²) in [6, 6.07) is 65.6. The summed E-state index contributed by atoms with van der Waals surface area (Å²) < 4.78 is 27.8. The average Bonchev–Trinajstić information content (AvgIpc) is 3.86. The fourth-order valence-electron chi connectivity index (χ4n) is 7.49. The van der Waals surface area contributed by atoms with E-state index in [1.54, 1.807) is 28.4 Å². The van der Waals surface area contributed by atoms with Crippen molar-refractivity contribution in [3.8, 4) is 68.2 Å². The largest absolute Gasteiger partial charge is 0.497 e. The van der Waals surface area contributed by atoms with Gasteiger partial charge in [-0.15, -0.1) is 10.2 Å². The van der Waals surface area contributed by atoms with Crippen molar-refractivity contribution in [3.63, 3.8) is 0 Å². The van der Waals surface area contributed by atoms with Gasteiger partial charge in [0.15, 0.2) is 0 Å². The molecule has 9 aromatic rings. The third-order valence-corrected chi connectivity index (χ3v) is 10.9. The molecule has 9 rings (SSSR count). The number of aromatic nitrogens is 2. The second kappa shape index (κ2) is 18.1. The molecule has 0 radical (unpaired) electrons. The molecule has 0 N–H and O–H groups in total. The van der Waals surface area contributed by atoms with Crippen LogP contribution in [0.4, 0.5) is 34.1 Å². The lowest BCUT2D eigenvalue weighted by molar-refractivity contribution is 0.414. The zero-order valence-corrected chi connectivity index (χ0v) is 35.3. The van der Waals surface area contributed by atoms with Gasteiger partial charge in [0.1, 0.15) is 23.0 Å². The topological polar surface area (TPSA) is 82.3 Å². The number of benzene rings is 8. The van der Waals surface area contributed by atoms with Gasteiger partial charge in [0, 0.05) is 45.3 Å². The molecule has 1 aromatic heterocycles. The number of hydrogen-bond donors (Lipinski definition) is 0. The van der Waals surface area contributed by atoms with E-state index in [2.05, 4.69) is 141 Å². The highest BCUT2D eigenvalue weighted by Gasteiger charge is 2.16. The van der Waals surface area contributed by atoms with Crippen molar-refractivity contribution < 1.29 is 23.4 Å². The summed E-state index contributed by atoms with van der Waals surface area (Å²) >= 11 is 0. The van der Waals surface area contributed by atoms with Gasteiger partial charge in [-0.25, -0.2) is 0 Å². The molecule has 0 aliphatic carbocycles. The number of methoxy groups -OCH3 is 4. The molecule has 63 heavy (non-hydrogen) atoms. The minimum Gasteiger partial charge on any atom is -0.497 e. The summed E-state index contributed by atoms with van der Waals surface area (Å²) in [5.41, 5.74) is 12.1. The van der Waals surface area contributed by atoms with Crippen molar-refractivity contribution >= 4 is 34.1 Å². The summed E-state index contributed by atoms with van der Waals surface area (Å²) in [5.74, 6) is 4.13. The summed E-state index contributed by atoms with van der Waals surface area (Å²) in [6.07, 6.45) is 0. The summed E-state index contributed by atoms with van der Waals surface area (Å²) in [7, 11) is 6.69. The Kier molecular flexibility index (Phi) is 11.5. The first-order valence-electron chi connectivity index (χ1n) is 20.4. The Labute approximate surface area is 367 Å². The van der Waals surface area contributed by atoms with Crippen LogP contribution in [-0.2, 0) is 0 Å². The molecule has 310 valence electrons. The molecular formula is C54H44N4O5. The quantitative estimate of drug-likeness (QED) is 0.106. The monoisotopic (exact) mass is 828 g/mol. The Hall–Kier alpha value is -8.30. The van der Waals surface area contributed by atoms with Crippen LogP contribution in [0.2, 0.25) is 0 Å². The molecule has 0 aliphatic heterocycles. The molecule has 0 aliphatic rings. The Balaban J connectivity index is 0.890.